The van der Waals surface area contributed by atoms with Crippen molar-refractivity contribution >= 4 is 17.3 Å². The normalized spacial score (nSPS) is 30.8. The first-order chi connectivity index (χ1) is 8.26. The van der Waals surface area contributed by atoms with Crippen molar-refractivity contribution in [2.75, 3.05) is 5.32 Å². The highest BCUT2D eigenvalue weighted by Gasteiger charge is 2.34. The van der Waals surface area contributed by atoms with Crippen LogP contribution in [0, 0.1) is 5.92 Å². The molecule has 0 aromatic heterocycles. The number of nitrogens with one attached hydrogen (secondary N) is 1. The van der Waals surface area contributed by atoms with Crippen LogP contribution in [0.5, 0.6) is 5.75 Å². The zero-order valence-electron chi connectivity index (χ0n) is 10.1. The van der Waals surface area contributed by atoms with E-state index in [-0.39, 0.29) is 0 Å². The molecule has 1 aliphatic heterocycles. The Hall–Kier alpha value is -0.890. The highest BCUT2D eigenvalue weighted by Crippen LogP contribution is 2.39. The van der Waals surface area contributed by atoms with Gasteiger partial charge in [0, 0.05) is 5.02 Å². The van der Waals surface area contributed by atoms with Gasteiger partial charge in [0.15, 0.2) is 0 Å². The van der Waals surface area contributed by atoms with Crippen LogP contribution in [0.4, 0.5) is 5.69 Å². The Morgan fingerprint density at radius 2 is 2.29 bits per heavy atom. The third-order valence-corrected chi connectivity index (χ3v) is 4.27. The van der Waals surface area contributed by atoms with Crippen molar-refractivity contribution < 1.29 is 4.74 Å². The summed E-state index contributed by atoms with van der Waals surface area (Å²) in [5.74, 6) is 1.79. The third kappa shape index (κ3) is 2.11. The van der Waals surface area contributed by atoms with Gasteiger partial charge in [0.25, 0.3) is 0 Å². The van der Waals surface area contributed by atoms with Crippen LogP contribution in [0.25, 0.3) is 0 Å². The van der Waals surface area contributed by atoms with Gasteiger partial charge in [0.2, 0.25) is 0 Å². The maximum absolute atomic E-state index is 6.06. The van der Waals surface area contributed by atoms with Gasteiger partial charge in [-0.15, -0.1) is 0 Å². The molecule has 0 radical (unpaired) electrons. The van der Waals surface area contributed by atoms with E-state index in [0.29, 0.717) is 12.1 Å². The molecule has 0 amide bonds. The lowest BCUT2D eigenvalue weighted by molar-refractivity contribution is 0.107. The summed E-state index contributed by atoms with van der Waals surface area (Å²) in [4.78, 5) is 0. The molecule has 92 valence electrons. The van der Waals surface area contributed by atoms with Crippen LogP contribution in [0.3, 0.4) is 0 Å². The van der Waals surface area contributed by atoms with E-state index in [1.54, 1.807) is 0 Å². The largest absolute Gasteiger partial charge is 0.486 e. The van der Waals surface area contributed by atoms with E-state index in [0.717, 1.165) is 28.8 Å². The van der Waals surface area contributed by atoms with Gasteiger partial charge in [0.05, 0.1) is 11.7 Å². The molecule has 1 aromatic carbocycles. The number of halogens is 1. The first-order valence-electron chi connectivity index (χ1n) is 6.49. The number of hydrogen-bond acceptors (Lipinski definition) is 2. The van der Waals surface area contributed by atoms with E-state index < -0.39 is 0 Å². The van der Waals surface area contributed by atoms with Crippen LogP contribution in [0.2, 0.25) is 5.02 Å². The quantitative estimate of drug-likeness (QED) is 0.812. The van der Waals surface area contributed by atoms with Crippen LogP contribution >= 0.6 is 11.6 Å². The van der Waals surface area contributed by atoms with Crippen molar-refractivity contribution in [1.82, 2.24) is 0 Å². The Kier molecular flexibility index (Phi) is 2.91. The molecule has 3 rings (SSSR count). The Morgan fingerprint density at radius 3 is 3.12 bits per heavy atom. The first-order valence-corrected chi connectivity index (χ1v) is 6.87. The van der Waals surface area contributed by atoms with E-state index in [9.17, 15) is 0 Å². The van der Waals surface area contributed by atoms with Crippen molar-refractivity contribution in [3.8, 4) is 5.75 Å². The first kappa shape index (κ1) is 11.2. The summed E-state index contributed by atoms with van der Waals surface area (Å²) in [6, 6.07) is 6.27. The average Bonchev–Trinajstić information content (AvgIpc) is 2.35. The van der Waals surface area contributed by atoms with Crippen LogP contribution < -0.4 is 10.1 Å². The smallest absolute Gasteiger partial charge is 0.143 e. The molecule has 1 aliphatic carbocycles. The van der Waals surface area contributed by atoms with Crippen LogP contribution in [0.15, 0.2) is 18.2 Å². The van der Waals surface area contributed by atoms with Gasteiger partial charge >= 0.3 is 0 Å². The summed E-state index contributed by atoms with van der Waals surface area (Å²) in [5.41, 5.74) is 1.05. The molecule has 3 atom stereocenters. The molecule has 3 unspecified atom stereocenters. The Morgan fingerprint density at radius 1 is 1.41 bits per heavy atom. The molecule has 0 saturated heterocycles. The summed E-state index contributed by atoms with van der Waals surface area (Å²) < 4.78 is 6.06. The Balaban J connectivity index is 1.83. The maximum Gasteiger partial charge on any atom is 0.143 e. The zero-order valence-corrected chi connectivity index (χ0v) is 10.8. The fraction of sp³-hybridized carbons (Fsp3) is 0.571. The molecule has 1 aromatic rings. The predicted octanol–water partition coefficient (Wildman–Crippen LogP) is 4.09. The number of benzene rings is 1. The van der Waals surface area contributed by atoms with E-state index >= 15 is 0 Å². The maximum atomic E-state index is 6.06. The fourth-order valence-corrected chi connectivity index (χ4v) is 3.15. The summed E-state index contributed by atoms with van der Waals surface area (Å²) in [7, 11) is 0. The standard InChI is InChI=1S/C14H18ClNO/c1-2-9-3-5-13-11(7-9)16-12-8-10(15)4-6-14(12)17-13/h4,6,8-9,11,13,16H,2-3,5,7H2,1H3. The lowest BCUT2D eigenvalue weighted by Crippen LogP contribution is -2.45. The van der Waals surface area contributed by atoms with Crippen molar-refractivity contribution in [2.45, 2.75) is 44.8 Å². The molecule has 1 N–H and O–H groups in total. The van der Waals surface area contributed by atoms with Gasteiger partial charge in [0.1, 0.15) is 11.9 Å². The van der Waals surface area contributed by atoms with Crippen molar-refractivity contribution in [2.24, 2.45) is 5.92 Å². The van der Waals surface area contributed by atoms with E-state index in [1.807, 2.05) is 18.2 Å². The minimum atomic E-state index is 0.339. The number of rotatable bonds is 1. The Bertz CT molecular complexity index is 421. The molecule has 17 heavy (non-hydrogen) atoms. The summed E-state index contributed by atoms with van der Waals surface area (Å²) in [6.45, 7) is 2.28. The molecule has 1 heterocycles. The zero-order chi connectivity index (χ0) is 11.8. The molecular weight excluding hydrogens is 234 g/mol. The SMILES string of the molecule is CCC1CCC2Oc3ccc(Cl)cc3NC2C1. The molecule has 2 aliphatic rings. The molecular formula is C14H18ClNO. The van der Waals surface area contributed by atoms with E-state index in [2.05, 4.69) is 12.2 Å². The highest BCUT2D eigenvalue weighted by atomic mass is 35.5. The van der Waals surface area contributed by atoms with Crippen LogP contribution in [0.1, 0.15) is 32.6 Å². The molecule has 1 fully saturated rings. The van der Waals surface area contributed by atoms with Gasteiger partial charge < -0.3 is 10.1 Å². The summed E-state index contributed by atoms with van der Waals surface area (Å²) >= 11 is 6.01. The van der Waals surface area contributed by atoms with E-state index in [4.69, 9.17) is 16.3 Å². The number of hydrogen-bond donors (Lipinski definition) is 1. The van der Waals surface area contributed by atoms with Crippen LogP contribution in [-0.4, -0.2) is 12.1 Å². The topological polar surface area (TPSA) is 21.3 Å². The minimum absolute atomic E-state index is 0.339. The van der Waals surface area contributed by atoms with Gasteiger partial charge in [-0.25, -0.2) is 0 Å². The van der Waals surface area contributed by atoms with Crippen molar-refractivity contribution in [3.63, 3.8) is 0 Å². The third-order valence-electron chi connectivity index (χ3n) is 4.03. The second-order valence-corrected chi connectivity index (χ2v) is 5.57. The summed E-state index contributed by atoms with van der Waals surface area (Å²) in [5, 5.41) is 4.36. The van der Waals surface area contributed by atoms with Gasteiger partial charge in [-0.05, 0) is 43.4 Å². The average molecular weight is 252 g/mol. The number of fused-ring (bicyclic) bond motifs is 2. The highest BCUT2D eigenvalue weighted by molar-refractivity contribution is 6.30. The predicted molar refractivity (Wildman–Crippen MR) is 70.9 cm³/mol. The minimum Gasteiger partial charge on any atom is -0.486 e. The lowest BCUT2D eigenvalue weighted by atomic mass is 9.81. The van der Waals surface area contributed by atoms with Crippen molar-refractivity contribution in [1.29, 1.82) is 0 Å². The van der Waals surface area contributed by atoms with E-state index in [1.165, 1.54) is 19.3 Å². The Labute approximate surface area is 107 Å². The lowest BCUT2D eigenvalue weighted by Gasteiger charge is -2.40. The number of ether oxygens (including phenoxy) is 1. The number of anilines is 1. The monoisotopic (exact) mass is 251 g/mol. The molecule has 0 spiro atoms. The van der Waals surface area contributed by atoms with Crippen molar-refractivity contribution in [3.05, 3.63) is 23.2 Å². The fourth-order valence-electron chi connectivity index (χ4n) is 2.97. The second kappa shape index (κ2) is 4.41. The molecule has 3 heteroatoms. The van der Waals surface area contributed by atoms with Gasteiger partial charge in [-0.1, -0.05) is 24.9 Å². The second-order valence-electron chi connectivity index (χ2n) is 5.13. The molecule has 0 bridgehead atoms. The molecule has 1 saturated carbocycles. The van der Waals surface area contributed by atoms with Gasteiger partial charge in [-0.3, -0.25) is 0 Å². The van der Waals surface area contributed by atoms with Crippen LogP contribution in [-0.2, 0) is 0 Å². The molecule has 2 nitrogen and oxygen atoms in total. The van der Waals surface area contributed by atoms with Gasteiger partial charge in [-0.2, -0.15) is 0 Å². The summed E-state index contributed by atoms with van der Waals surface area (Å²) in [6.07, 6.45) is 5.28.